The number of nitrogens with one attached hydrogen (secondary N) is 1. The van der Waals surface area contributed by atoms with Crippen LogP contribution in [0.4, 0.5) is 0 Å². The number of carbonyl (C=O) groups excluding carboxylic acids is 1. The van der Waals surface area contributed by atoms with Crippen LogP contribution in [0.5, 0.6) is 0 Å². The van der Waals surface area contributed by atoms with Crippen LogP contribution in [0.25, 0.3) is 0 Å². The molecule has 1 heterocycles. The van der Waals surface area contributed by atoms with E-state index in [9.17, 15) is 4.79 Å². The summed E-state index contributed by atoms with van der Waals surface area (Å²) in [5, 5.41) is 11.4. The quantitative estimate of drug-likeness (QED) is 0.516. The summed E-state index contributed by atoms with van der Waals surface area (Å²) in [6, 6.07) is 2.18. The average molecular weight is 136 g/mol. The number of hydrogen-bond donors (Lipinski definition) is 1. The molecule has 1 aliphatic carbocycles. The van der Waals surface area contributed by atoms with Crippen LogP contribution in [0.2, 0.25) is 0 Å². The van der Waals surface area contributed by atoms with E-state index in [0.29, 0.717) is 6.42 Å². The van der Waals surface area contributed by atoms with Gasteiger partial charge in [-0.25, -0.2) is 0 Å². The molecule has 1 amide bonds. The summed E-state index contributed by atoms with van der Waals surface area (Å²) in [6.45, 7) is 0. The molecule has 2 aliphatic rings. The highest BCUT2D eigenvalue weighted by Gasteiger charge is 2.58. The summed E-state index contributed by atoms with van der Waals surface area (Å²) in [4.78, 5) is 10.7. The second kappa shape index (κ2) is 1.51. The first-order valence-electron chi connectivity index (χ1n) is 3.47. The fourth-order valence-corrected chi connectivity index (χ4v) is 1.63. The Morgan fingerprint density at radius 3 is 3.00 bits per heavy atom. The largest absolute Gasteiger partial charge is 0.349 e. The maximum atomic E-state index is 10.7. The summed E-state index contributed by atoms with van der Waals surface area (Å²) < 4.78 is 0. The topological polar surface area (TPSA) is 52.9 Å². The third-order valence-corrected chi connectivity index (χ3v) is 2.42. The van der Waals surface area contributed by atoms with Crippen molar-refractivity contribution in [2.24, 2.45) is 5.92 Å². The molecule has 0 aromatic carbocycles. The molecule has 2 rings (SSSR count). The molecule has 0 radical (unpaired) electrons. The number of nitrogens with zero attached hydrogens (tertiary/aromatic N) is 1. The Hall–Kier alpha value is -1.04. The Kier molecular flexibility index (Phi) is 0.866. The molecule has 0 bridgehead atoms. The minimum atomic E-state index is -0.0775. The van der Waals surface area contributed by atoms with Gasteiger partial charge < -0.3 is 5.32 Å². The summed E-state index contributed by atoms with van der Waals surface area (Å²) in [5.41, 5.74) is -0.0775. The molecule has 1 saturated carbocycles. The summed E-state index contributed by atoms with van der Waals surface area (Å²) in [5.74, 6) is 0.205. The van der Waals surface area contributed by atoms with E-state index in [1.165, 1.54) is 0 Å². The van der Waals surface area contributed by atoms with Crippen molar-refractivity contribution in [1.29, 1.82) is 5.26 Å². The van der Waals surface area contributed by atoms with Gasteiger partial charge in [0.05, 0.1) is 17.5 Å². The molecule has 0 aromatic rings. The first kappa shape index (κ1) is 5.72. The van der Waals surface area contributed by atoms with Crippen LogP contribution >= 0.6 is 0 Å². The van der Waals surface area contributed by atoms with Crippen molar-refractivity contribution in [1.82, 2.24) is 5.32 Å². The summed E-state index contributed by atoms with van der Waals surface area (Å²) in [6.07, 6.45) is 2.34. The maximum Gasteiger partial charge on any atom is 0.220 e. The van der Waals surface area contributed by atoms with Gasteiger partial charge in [0.2, 0.25) is 5.91 Å². The lowest BCUT2D eigenvalue weighted by molar-refractivity contribution is -0.119. The summed E-state index contributed by atoms with van der Waals surface area (Å²) >= 11 is 0. The van der Waals surface area contributed by atoms with Crippen LogP contribution in [-0.4, -0.2) is 11.4 Å². The molecule has 1 N–H and O–H groups in total. The standard InChI is InChI=1S/C7H8N2O/c8-4-5-3-7(5)2-1-6(10)9-7/h5H,1-3H2,(H,9,10). The maximum absolute atomic E-state index is 10.7. The van der Waals surface area contributed by atoms with Crippen molar-refractivity contribution in [3.05, 3.63) is 0 Å². The van der Waals surface area contributed by atoms with Gasteiger partial charge in [0.25, 0.3) is 0 Å². The SMILES string of the molecule is N#CC1CC12CCC(=O)N2. The van der Waals surface area contributed by atoms with E-state index in [-0.39, 0.29) is 17.4 Å². The Bertz CT molecular complexity index is 230. The Morgan fingerprint density at radius 2 is 2.60 bits per heavy atom. The molecule has 2 unspecified atom stereocenters. The van der Waals surface area contributed by atoms with E-state index in [4.69, 9.17) is 5.26 Å². The number of rotatable bonds is 0. The van der Waals surface area contributed by atoms with Crippen LogP contribution in [0.15, 0.2) is 0 Å². The first-order chi connectivity index (χ1) is 4.77. The minimum absolute atomic E-state index is 0.0775. The highest BCUT2D eigenvalue weighted by molar-refractivity contribution is 5.80. The highest BCUT2D eigenvalue weighted by Crippen LogP contribution is 2.48. The number of carbonyl (C=O) groups is 1. The van der Waals surface area contributed by atoms with Crippen LogP contribution in [0.3, 0.4) is 0 Å². The number of nitriles is 1. The fourth-order valence-electron chi connectivity index (χ4n) is 1.63. The molecule has 1 spiro atoms. The van der Waals surface area contributed by atoms with Gasteiger partial charge in [-0.3, -0.25) is 4.79 Å². The first-order valence-corrected chi connectivity index (χ1v) is 3.47. The molecule has 1 aliphatic heterocycles. The molecule has 2 fully saturated rings. The predicted octanol–water partition coefficient (Wildman–Crippen LogP) is 0.179. The fraction of sp³-hybridized carbons (Fsp3) is 0.714. The molecule has 3 heteroatoms. The van der Waals surface area contributed by atoms with E-state index < -0.39 is 0 Å². The van der Waals surface area contributed by atoms with Crippen molar-refractivity contribution >= 4 is 5.91 Å². The molecular weight excluding hydrogens is 128 g/mol. The van der Waals surface area contributed by atoms with Gasteiger partial charge in [-0.15, -0.1) is 0 Å². The lowest BCUT2D eigenvalue weighted by Crippen LogP contribution is -2.28. The van der Waals surface area contributed by atoms with Crippen molar-refractivity contribution < 1.29 is 4.79 Å². The second-order valence-electron chi connectivity index (χ2n) is 3.09. The van der Waals surface area contributed by atoms with Crippen molar-refractivity contribution in [2.45, 2.75) is 24.8 Å². The zero-order chi connectivity index (χ0) is 7.19. The van der Waals surface area contributed by atoms with Gasteiger partial charge >= 0.3 is 0 Å². The van der Waals surface area contributed by atoms with Gasteiger partial charge in [-0.1, -0.05) is 0 Å². The van der Waals surface area contributed by atoms with E-state index in [1.807, 2.05) is 0 Å². The molecule has 2 atom stereocenters. The Labute approximate surface area is 59.0 Å². The lowest BCUT2D eigenvalue weighted by atomic mass is 10.2. The monoisotopic (exact) mass is 136 g/mol. The van der Waals surface area contributed by atoms with E-state index >= 15 is 0 Å². The highest BCUT2D eigenvalue weighted by atomic mass is 16.2. The van der Waals surface area contributed by atoms with Gasteiger partial charge in [0.15, 0.2) is 0 Å². The zero-order valence-electron chi connectivity index (χ0n) is 5.55. The third-order valence-electron chi connectivity index (χ3n) is 2.42. The van der Waals surface area contributed by atoms with Crippen LogP contribution in [0, 0.1) is 17.2 Å². The van der Waals surface area contributed by atoms with Crippen molar-refractivity contribution in [3.8, 4) is 6.07 Å². The minimum Gasteiger partial charge on any atom is -0.349 e. The average Bonchev–Trinajstić information content (AvgIpc) is 2.46. The normalized spacial score (nSPS) is 43.1. The molecule has 3 nitrogen and oxygen atoms in total. The molecule has 0 aromatic heterocycles. The van der Waals surface area contributed by atoms with Crippen molar-refractivity contribution in [3.63, 3.8) is 0 Å². The number of amides is 1. The molecule has 52 valence electrons. The summed E-state index contributed by atoms with van der Waals surface area (Å²) in [7, 11) is 0. The van der Waals surface area contributed by atoms with E-state index in [0.717, 1.165) is 12.8 Å². The smallest absolute Gasteiger partial charge is 0.220 e. The van der Waals surface area contributed by atoms with Gasteiger partial charge in [-0.2, -0.15) is 5.26 Å². The second-order valence-corrected chi connectivity index (χ2v) is 3.09. The molecular formula is C7H8N2O. The zero-order valence-corrected chi connectivity index (χ0v) is 5.55. The van der Waals surface area contributed by atoms with Gasteiger partial charge in [0, 0.05) is 6.42 Å². The van der Waals surface area contributed by atoms with Crippen LogP contribution in [-0.2, 0) is 4.79 Å². The molecule has 10 heavy (non-hydrogen) atoms. The van der Waals surface area contributed by atoms with Gasteiger partial charge in [-0.05, 0) is 12.8 Å². The third kappa shape index (κ3) is 0.563. The lowest BCUT2D eigenvalue weighted by Gasteiger charge is -2.03. The Balaban J connectivity index is 2.11. The Morgan fingerprint density at radius 1 is 1.80 bits per heavy atom. The van der Waals surface area contributed by atoms with Crippen LogP contribution < -0.4 is 5.32 Å². The number of hydrogen-bond acceptors (Lipinski definition) is 2. The van der Waals surface area contributed by atoms with Gasteiger partial charge in [0.1, 0.15) is 0 Å². The van der Waals surface area contributed by atoms with E-state index in [2.05, 4.69) is 11.4 Å². The van der Waals surface area contributed by atoms with Crippen molar-refractivity contribution in [2.75, 3.05) is 0 Å². The van der Waals surface area contributed by atoms with Crippen LogP contribution in [0.1, 0.15) is 19.3 Å². The molecule has 1 saturated heterocycles. The van der Waals surface area contributed by atoms with E-state index in [1.54, 1.807) is 0 Å². The predicted molar refractivity (Wildman–Crippen MR) is 33.8 cm³/mol.